The smallest absolute Gasteiger partial charge is 0.258 e. The van der Waals surface area contributed by atoms with Crippen molar-refractivity contribution < 1.29 is 4.79 Å². The first-order valence-electron chi connectivity index (χ1n) is 10.4. The highest BCUT2D eigenvalue weighted by Gasteiger charge is 2.15. The van der Waals surface area contributed by atoms with Crippen molar-refractivity contribution in [3.63, 3.8) is 0 Å². The van der Waals surface area contributed by atoms with Gasteiger partial charge in [0.2, 0.25) is 5.91 Å². The zero-order chi connectivity index (χ0) is 22.8. The summed E-state index contributed by atoms with van der Waals surface area (Å²) in [5, 5.41) is 7.92. The molecule has 2 N–H and O–H groups in total. The number of benzene rings is 3. The van der Waals surface area contributed by atoms with Gasteiger partial charge in [-0.1, -0.05) is 43.0 Å². The number of carbonyl (C=O) groups is 1. The summed E-state index contributed by atoms with van der Waals surface area (Å²) in [7, 11) is 1.75. The van der Waals surface area contributed by atoms with Crippen LogP contribution in [0.4, 0.5) is 17.1 Å². The molecular weight excluding hydrogens is 398 g/mol. The van der Waals surface area contributed by atoms with Crippen LogP contribution in [-0.4, -0.2) is 10.5 Å². The second-order valence-corrected chi connectivity index (χ2v) is 7.85. The number of rotatable bonds is 5. The van der Waals surface area contributed by atoms with Gasteiger partial charge >= 0.3 is 0 Å². The van der Waals surface area contributed by atoms with E-state index in [2.05, 4.69) is 43.2 Å². The topological polar surface area (TPSA) is 63.1 Å². The molecule has 0 aliphatic heterocycles. The first-order chi connectivity index (χ1) is 15.4. The Labute approximate surface area is 187 Å². The molecule has 32 heavy (non-hydrogen) atoms. The molecule has 0 radical (unpaired) electrons. The van der Waals surface area contributed by atoms with Crippen molar-refractivity contribution in [3.8, 4) is 11.1 Å². The normalized spacial score (nSPS) is 10.7. The van der Waals surface area contributed by atoms with Crippen LogP contribution in [0.3, 0.4) is 0 Å². The number of nitrogens with zero attached hydrogens (tertiary/aromatic N) is 1. The third-order valence-electron chi connectivity index (χ3n) is 5.59. The van der Waals surface area contributed by atoms with Crippen molar-refractivity contribution in [3.05, 3.63) is 101 Å². The Kier molecular flexibility index (Phi) is 5.65. The van der Waals surface area contributed by atoms with Gasteiger partial charge in [-0.25, -0.2) is 0 Å². The molecule has 0 aliphatic carbocycles. The van der Waals surface area contributed by atoms with Gasteiger partial charge in [0.25, 0.3) is 5.56 Å². The van der Waals surface area contributed by atoms with Crippen LogP contribution < -0.4 is 16.2 Å². The minimum absolute atomic E-state index is 0.0512. The quantitative estimate of drug-likeness (QED) is 0.405. The van der Waals surface area contributed by atoms with Gasteiger partial charge in [0.05, 0.1) is 0 Å². The molecular formula is C27H25N3O2. The minimum Gasteiger partial charge on any atom is -0.355 e. The molecule has 1 aromatic heterocycles. The molecule has 4 rings (SSSR count). The Morgan fingerprint density at radius 3 is 2.31 bits per heavy atom. The van der Waals surface area contributed by atoms with Gasteiger partial charge in [-0.2, -0.15) is 0 Å². The number of aryl methyl sites for hydroxylation is 3. The molecule has 0 aliphatic rings. The Bertz CT molecular complexity index is 1400. The van der Waals surface area contributed by atoms with Gasteiger partial charge in [-0.3, -0.25) is 9.59 Å². The second-order valence-electron chi connectivity index (χ2n) is 7.85. The van der Waals surface area contributed by atoms with Crippen molar-refractivity contribution in [1.29, 1.82) is 0 Å². The Balaban J connectivity index is 1.97. The van der Waals surface area contributed by atoms with Gasteiger partial charge in [0.1, 0.15) is 0 Å². The Morgan fingerprint density at radius 1 is 0.938 bits per heavy atom. The monoisotopic (exact) mass is 423 g/mol. The van der Waals surface area contributed by atoms with Crippen molar-refractivity contribution in [2.45, 2.75) is 13.8 Å². The van der Waals surface area contributed by atoms with E-state index in [0.717, 1.165) is 39.0 Å². The van der Waals surface area contributed by atoms with Crippen LogP contribution in [0, 0.1) is 13.8 Å². The van der Waals surface area contributed by atoms with Crippen molar-refractivity contribution >= 4 is 33.7 Å². The molecule has 3 aromatic carbocycles. The van der Waals surface area contributed by atoms with Gasteiger partial charge in [0, 0.05) is 46.8 Å². The van der Waals surface area contributed by atoms with E-state index in [-0.39, 0.29) is 11.5 Å². The van der Waals surface area contributed by atoms with E-state index in [0.29, 0.717) is 11.1 Å². The molecule has 160 valence electrons. The average Bonchev–Trinajstić information content (AvgIpc) is 2.79. The molecule has 1 heterocycles. The lowest BCUT2D eigenvalue weighted by molar-refractivity contribution is -0.111. The predicted octanol–water partition coefficient (Wildman–Crippen LogP) is 5.69. The fourth-order valence-corrected chi connectivity index (χ4v) is 3.92. The van der Waals surface area contributed by atoms with Crippen LogP contribution in [0.15, 0.2) is 84.3 Å². The van der Waals surface area contributed by atoms with E-state index in [4.69, 9.17) is 0 Å². The fourth-order valence-electron chi connectivity index (χ4n) is 3.92. The highest BCUT2D eigenvalue weighted by molar-refractivity contribution is 6.03. The van der Waals surface area contributed by atoms with Crippen molar-refractivity contribution in [2.75, 3.05) is 10.6 Å². The van der Waals surface area contributed by atoms with Crippen molar-refractivity contribution in [2.24, 2.45) is 7.05 Å². The summed E-state index contributed by atoms with van der Waals surface area (Å²) in [5.74, 6) is -0.281. The predicted molar refractivity (Wildman–Crippen MR) is 133 cm³/mol. The first kappa shape index (κ1) is 21.1. The maximum Gasteiger partial charge on any atom is 0.258 e. The zero-order valence-electron chi connectivity index (χ0n) is 18.4. The van der Waals surface area contributed by atoms with E-state index in [1.165, 1.54) is 6.08 Å². The number of nitrogens with one attached hydrogen (secondary N) is 2. The summed E-state index contributed by atoms with van der Waals surface area (Å²) >= 11 is 0. The number of hydrogen-bond acceptors (Lipinski definition) is 3. The average molecular weight is 424 g/mol. The number of amides is 1. The number of anilines is 3. The molecule has 1 amide bonds. The molecule has 4 aromatic rings. The van der Waals surface area contributed by atoms with E-state index in [9.17, 15) is 9.59 Å². The van der Waals surface area contributed by atoms with Gasteiger partial charge < -0.3 is 15.2 Å². The number of carbonyl (C=O) groups excluding carboxylic acids is 1. The lowest BCUT2D eigenvalue weighted by Gasteiger charge is -2.19. The fraction of sp³-hybridized carbons (Fsp3) is 0.111. The van der Waals surface area contributed by atoms with E-state index < -0.39 is 0 Å². The zero-order valence-corrected chi connectivity index (χ0v) is 18.4. The summed E-state index contributed by atoms with van der Waals surface area (Å²) < 4.78 is 1.59. The molecule has 0 fully saturated rings. The second kappa shape index (κ2) is 8.55. The van der Waals surface area contributed by atoms with Crippen LogP contribution in [0.2, 0.25) is 0 Å². The van der Waals surface area contributed by atoms with Crippen molar-refractivity contribution in [1.82, 2.24) is 4.57 Å². The number of aromatic nitrogens is 1. The van der Waals surface area contributed by atoms with E-state index in [1.807, 2.05) is 54.7 Å². The molecule has 0 unspecified atom stereocenters. The number of para-hydroxylation sites is 1. The Morgan fingerprint density at radius 2 is 1.62 bits per heavy atom. The van der Waals surface area contributed by atoms with Gasteiger partial charge in [0.15, 0.2) is 0 Å². The maximum absolute atomic E-state index is 12.7. The largest absolute Gasteiger partial charge is 0.355 e. The molecule has 0 spiro atoms. The Hall–Kier alpha value is -4.12. The highest BCUT2D eigenvalue weighted by Crippen LogP contribution is 2.37. The highest BCUT2D eigenvalue weighted by atomic mass is 16.1. The minimum atomic E-state index is -0.281. The summed E-state index contributed by atoms with van der Waals surface area (Å²) in [4.78, 5) is 24.6. The summed E-state index contributed by atoms with van der Waals surface area (Å²) in [6.45, 7) is 7.66. The number of hydrogen-bond donors (Lipinski definition) is 2. The molecule has 5 nitrogen and oxygen atoms in total. The summed E-state index contributed by atoms with van der Waals surface area (Å²) in [5.41, 5.74) is 6.54. The molecule has 0 atom stereocenters. The van der Waals surface area contributed by atoms with Crippen LogP contribution in [-0.2, 0) is 11.8 Å². The van der Waals surface area contributed by atoms with E-state index >= 15 is 0 Å². The SMILES string of the molecule is C=CC(=O)Nc1ccc(Nc2c(C)cccc2C)c(-c2cn(C)c(=O)c3ccccc23)c1. The van der Waals surface area contributed by atoms with Crippen LogP contribution in [0.5, 0.6) is 0 Å². The van der Waals surface area contributed by atoms with Crippen LogP contribution >= 0.6 is 0 Å². The maximum atomic E-state index is 12.7. The standard InChI is InChI=1S/C27H25N3O2/c1-5-25(31)28-19-13-14-24(29-26-17(2)9-8-10-18(26)3)22(15-19)23-16-30(4)27(32)21-12-7-6-11-20(21)23/h5-16,29H,1H2,2-4H3,(H,28,31). The summed E-state index contributed by atoms with van der Waals surface area (Å²) in [6.07, 6.45) is 3.08. The number of pyridine rings is 1. The first-order valence-corrected chi connectivity index (χ1v) is 10.4. The molecule has 0 saturated heterocycles. The third-order valence-corrected chi connectivity index (χ3v) is 5.59. The van der Waals surface area contributed by atoms with Crippen LogP contribution in [0.25, 0.3) is 21.9 Å². The molecule has 0 bridgehead atoms. The lowest BCUT2D eigenvalue weighted by atomic mass is 9.97. The van der Waals surface area contributed by atoms with Gasteiger partial charge in [-0.15, -0.1) is 0 Å². The molecule has 5 heteroatoms. The summed E-state index contributed by atoms with van der Waals surface area (Å²) in [6, 6.07) is 19.5. The lowest BCUT2D eigenvalue weighted by Crippen LogP contribution is -2.16. The van der Waals surface area contributed by atoms with E-state index in [1.54, 1.807) is 11.6 Å². The third kappa shape index (κ3) is 3.93. The van der Waals surface area contributed by atoms with Gasteiger partial charge in [-0.05, 0) is 60.7 Å². The van der Waals surface area contributed by atoms with Crippen LogP contribution in [0.1, 0.15) is 11.1 Å². The molecule has 0 saturated carbocycles. The number of fused-ring (bicyclic) bond motifs is 1.